The minimum Gasteiger partial charge on any atom is -0.354 e. The lowest BCUT2D eigenvalue weighted by atomic mass is 10.1. The fourth-order valence-electron chi connectivity index (χ4n) is 2.52. The number of fused-ring (bicyclic) bond motifs is 1. The zero-order valence-corrected chi connectivity index (χ0v) is 13.7. The summed E-state index contributed by atoms with van der Waals surface area (Å²) in [5, 5.41) is 15.4. The maximum absolute atomic E-state index is 12.3. The van der Waals surface area contributed by atoms with E-state index in [1.54, 1.807) is 11.3 Å². The normalized spacial score (nSPS) is 13.0. The Labute approximate surface area is 146 Å². The van der Waals surface area contributed by atoms with Crippen molar-refractivity contribution in [2.75, 3.05) is 13.1 Å². The molecule has 1 aromatic carbocycles. The van der Waals surface area contributed by atoms with E-state index in [0.717, 1.165) is 21.9 Å². The molecule has 25 heavy (non-hydrogen) atoms. The molecule has 1 aromatic heterocycles. The van der Waals surface area contributed by atoms with Crippen molar-refractivity contribution in [1.29, 1.82) is 0 Å². The zero-order valence-electron chi connectivity index (χ0n) is 12.9. The molecule has 2 heterocycles. The van der Waals surface area contributed by atoms with Crippen molar-refractivity contribution in [1.82, 2.24) is 10.2 Å². The van der Waals surface area contributed by atoms with Gasteiger partial charge < -0.3 is 5.32 Å². The number of benzene rings is 1. The molecule has 2 aromatic rings. The summed E-state index contributed by atoms with van der Waals surface area (Å²) in [6, 6.07) is 7.33. The first-order valence-corrected chi connectivity index (χ1v) is 8.29. The highest BCUT2D eigenvalue weighted by molar-refractivity contribution is 7.09. The van der Waals surface area contributed by atoms with Gasteiger partial charge in [-0.1, -0.05) is 6.07 Å². The summed E-state index contributed by atoms with van der Waals surface area (Å²) in [6.07, 6.45) is 0.664. The van der Waals surface area contributed by atoms with E-state index in [1.807, 2.05) is 17.5 Å². The average Bonchev–Trinajstić information content (AvgIpc) is 3.18. The highest BCUT2D eigenvalue weighted by Crippen LogP contribution is 2.26. The second-order valence-corrected chi connectivity index (χ2v) is 6.40. The number of carbonyl (C=O) groups is 3. The zero-order chi connectivity index (χ0) is 18.0. The number of hydrogen-bond donors (Lipinski definition) is 1. The van der Waals surface area contributed by atoms with E-state index < -0.39 is 29.2 Å². The van der Waals surface area contributed by atoms with E-state index in [2.05, 4.69) is 5.32 Å². The van der Waals surface area contributed by atoms with E-state index in [9.17, 15) is 24.5 Å². The third-order valence-electron chi connectivity index (χ3n) is 3.74. The summed E-state index contributed by atoms with van der Waals surface area (Å²) in [5.74, 6) is -1.78. The largest absolute Gasteiger partial charge is 0.354 e. The SMILES string of the molecule is O=C(CN1C(=O)c2ccc([N+](=O)[O-])cc2C1=O)NCCc1cccs1. The van der Waals surface area contributed by atoms with Gasteiger partial charge in [0.2, 0.25) is 5.91 Å². The average molecular weight is 359 g/mol. The molecule has 1 aliphatic rings. The lowest BCUT2D eigenvalue weighted by Crippen LogP contribution is -2.40. The quantitative estimate of drug-likeness (QED) is 0.479. The molecule has 0 saturated carbocycles. The highest BCUT2D eigenvalue weighted by atomic mass is 32.1. The van der Waals surface area contributed by atoms with Crippen molar-refractivity contribution in [3.63, 3.8) is 0 Å². The molecule has 0 saturated heterocycles. The van der Waals surface area contributed by atoms with Gasteiger partial charge in [0.25, 0.3) is 17.5 Å². The molecule has 0 bridgehead atoms. The molecule has 128 valence electrons. The summed E-state index contributed by atoms with van der Waals surface area (Å²) in [7, 11) is 0. The minimum absolute atomic E-state index is 0.0504. The lowest BCUT2D eigenvalue weighted by molar-refractivity contribution is -0.384. The Kier molecular flexibility index (Phi) is 4.57. The first-order chi connectivity index (χ1) is 12.0. The van der Waals surface area contributed by atoms with Crippen molar-refractivity contribution >= 4 is 34.7 Å². The van der Waals surface area contributed by atoms with Gasteiger partial charge in [-0.25, -0.2) is 0 Å². The maximum atomic E-state index is 12.3. The summed E-state index contributed by atoms with van der Waals surface area (Å²) >= 11 is 1.58. The molecule has 3 amide bonds. The van der Waals surface area contributed by atoms with Crippen molar-refractivity contribution in [3.05, 3.63) is 61.8 Å². The molecule has 1 aliphatic heterocycles. The van der Waals surface area contributed by atoms with Crippen LogP contribution in [0.25, 0.3) is 0 Å². The van der Waals surface area contributed by atoms with Crippen LogP contribution in [0.1, 0.15) is 25.6 Å². The Morgan fingerprint density at radius 3 is 2.64 bits per heavy atom. The third kappa shape index (κ3) is 3.41. The standard InChI is InChI=1S/C16H13N3O5S/c20-14(17-6-5-11-2-1-7-25-11)9-18-15(21)12-4-3-10(19(23)24)8-13(12)16(18)22/h1-4,7-8H,5-6,9H2,(H,17,20). The van der Waals surface area contributed by atoms with Crippen LogP contribution in [-0.4, -0.2) is 40.6 Å². The third-order valence-corrected chi connectivity index (χ3v) is 4.68. The van der Waals surface area contributed by atoms with Crippen molar-refractivity contribution in [3.8, 4) is 0 Å². The van der Waals surface area contributed by atoms with Gasteiger partial charge in [-0.05, 0) is 23.9 Å². The number of non-ortho nitro benzene ring substituents is 1. The van der Waals surface area contributed by atoms with Crippen molar-refractivity contribution in [2.45, 2.75) is 6.42 Å². The second-order valence-electron chi connectivity index (χ2n) is 5.36. The highest BCUT2D eigenvalue weighted by Gasteiger charge is 2.37. The topological polar surface area (TPSA) is 110 Å². The van der Waals surface area contributed by atoms with Gasteiger partial charge >= 0.3 is 0 Å². The molecular formula is C16H13N3O5S. The molecule has 0 radical (unpaired) electrons. The summed E-state index contributed by atoms with van der Waals surface area (Å²) in [5.41, 5.74) is -0.255. The molecule has 3 rings (SSSR count). The number of thiophene rings is 1. The number of nitrogens with one attached hydrogen (secondary N) is 1. The van der Waals surface area contributed by atoms with Crippen LogP contribution in [0.3, 0.4) is 0 Å². The summed E-state index contributed by atoms with van der Waals surface area (Å²) in [6.45, 7) is -0.0153. The van der Waals surface area contributed by atoms with Gasteiger partial charge in [0, 0.05) is 23.6 Å². The monoisotopic (exact) mass is 359 g/mol. The minimum atomic E-state index is -0.697. The Hall–Kier alpha value is -3.07. The van der Waals surface area contributed by atoms with E-state index in [0.29, 0.717) is 13.0 Å². The fourth-order valence-corrected chi connectivity index (χ4v) is 3.22. The molecule has 0 atom stereocenters. The summed E-state index contributed by atoms with van der Waals surface area (Å²) in [4.78, 5) is 48.6. The van der Waals surface area contributed by atoms with Crippen molar-refractivity contribution < 1.29 is 19.3 Å². The Morgan fingerprint density at radius 1 is 1.20 bits per heavy atom. The number of nitro benzene ring substituents is 1. The van der Waals surface area contributed by atoms with E-state index in [1.165, 1.54) is 6.07 Å². The molecule has 0 aliphatic carbocycles. The van der Waals surface area contributed by atoms with E-state index in [-0.39, 0.29) is 16.8 Å². The van der Waals surface area contributed by atoms with Crippen LogP contribution < -0.4 is 5.32 Å². The molecule has 9 heteroatoms. The predicted molar refractivity (Wildman–Crippen MR) is 89.5 cm³/mol. The number of carbonyl (C=O) groups excluding carboxylic acids is 3. The summed E-state index contributed by atoms with van der Waals surface area (Å²) < 4.78 is 0. The van der Waals surface area contributed by atoms with Crippen LogP contribution in [0.4, 0.5) is 5.69 Å². The van der Waals surface area contributed by atoms with E-state index >= 15 is 0 Å². The molecule has 0 fully saturated rings. The molecule has 0 spiro atoms. The van der Waals surface area contributed by atoms with Gasteiger partial charge in [-0.2, -0.15) is 0 Å². The van der Waals surface area contributed by atoms with E-state index in [4.69, 9.17) is 0 Å². The first-order valence-electron chi connectivity index (χ1n) is 7.41. The number of nitrogens with zero attached hydrogens (tertiary/aromatic N) is 2. The molecule has 8 nitrogen and oxygen atoms in total. The fraction of sp³-hybridized carbons (Fsp3) is 0.188. The van der Waals surface area contributed by atoms with Crippen LogP contribution in [0.2, 0.25) is 0 Å². The number of nitro groups is 1. The Balaban J connectivity index is 1.63. The predicted octanol–water partition coefficient (Wildman–Crippen LogP) is 1.61. The van der Waals surface area contributed by atoms with Gasteiger partial charge in [0.1, 0.15) is 6.54 Å². The first kappa shape index (κ1) is 16.8. The van der Waals surface area contributed by atoms with Gasteiger partial charge in [0.15, 0.2) is 0 Å². The number of amides is 3. The van der Waals surface area contributed by atoms with Gasteiger partial charge in [-0.15, -0.1) is 11.3 Å². The van der Waals surface area contributed by atoms with Gasteiger partial charge in [0.05, 0.1) is 16.1 Å². The molecule has 0 unspecified atom stereocenters. The Bertz CT molecular complexity index is 863. The van der Waals surface area contributed by atoms with Crippen molar-refractivity contribution in [2.24, 2.45) is 0 Å². The van der Waals surface area contributed by atoms with Crippen LogP contribution in [0, 0.1) is 10.1 Å². The van der Waals surface area contributed by atoms with Crippen LogP contribution in [0.5, 0.6) is 0 Å². The van der Waals surface area contributed by atoms with Gasteiger partial charge in [-0.3, -0.25) is 29.4 Å². The second kappa shape index (κ2) is 6.81. The molecular weight excluding hydrogens is 346 g/mol. The number of imide groups is 1. The Morgan fingerprint density at radius 2 is 1.96 bits per heavy atom. The smallest absolute Gasteiger partial charge is 0.270 e. The van der Waals surface area contributed by atoms with Crippen LogP contribution in [0.15, 0.2) is 35.7 Å². The van der Waals surface area contributed by atoms with Crippen LogP contribution >= 0.6 is 11.3 Å². The van der Waals surface area contributed by atoms with Crippen LogP contribution in [-0.2, 0) is 11.2 Å². The molecule has 1 N–H and O–H groups in total. The maximum Gasteiger partial charge on any atom is 0.270 e. The lowest BCUT2D eigenvalue weighted by Gasteiger charge is -2.13. The number of hydrogen-bond acceptors (Lipinski definition) is 6. The number of rotatable bonds is 6.